The zero-order valence-electron chi connectivity index (χ0n) is 9.86. The largest absolute Gasteiger partial charge is 0.293 e. The molecule has 1 nitrogen and oxygen atoms in total. The van der Waals surface area contributed by atoms with E-state index in [1.807, 2.05) is 31.2 Å². The average Bonchev–Trinajstić information content (AvgIpc) is 2.44. The number of ketones is 1. The van der Waals surface area contributed by atoms with E-state index in [9.17, 15) is 4.79 Å². The van der Waals surface area contributed by atoms with Crippen LogP contribution in [0.3, 0.4) is 0 Å². The normalized spacial score (nSPS) is 27.3. The molecule has 0 N–H and O–H groups in total. The van der Waals surface area contributed by atoms with Gasteiger partial charge in [-0.25, -0.2) is 0 Å². The topological polar surface area (TPSA) is 17.1 Å². The van der Waals surface area contributed by atoms with Gasteiger partial charge in [0.15, 0.2) is 5.78 Å². The van der Waals surface area contributed by atoms with Crippen LogP contribution in [-0.2, 0) is 4.79 Å². The molecule has 0 aromatic heterocycles. The lowest BCUT2D eigenvalue weighted by atomic mass is 9.82. The Morgan fingerprint density at radius 2 is 1.69 bits per heavy atom. The fourth-order valence-electron chi connectivity index (χ4n) is 1.83. The monoisotopic (exact) mass is 232 g/mol. The molecule has 0 saturated carbocycles. The maximum Gasteiger partial charge on any atom is 0.172 e. The highest BCUT2D eigenvalue weighted by Gasteiger charge is 2.49. The van der Waals surface area contributed by atoms with Crippen molar-refractivity contribution in [3.05, 3.63) is 42.5 Å². The number of hydrogen-bond donors (Lipinski definition) is 0. The summed E-state index contributed by atoms with van der Waals surface area (Å²) in [4.78, 5) is 13.2. The first kappa shape index (κ1) is 11.5. The van der Waals surface area contributed by atoms with Crippen LogP contribution in [0, 0.1) is 5.41 Å². The smallest absolute Gasteiger partial charge is 0.172 e. The Bertz CT molecular complexity index is 433. The third-order valence-electron chi connectivity index (χ3n) is 3.42. The van der Waals surface area contributed by atoms with Crippen molar-refractivity contribution in [3.63, 3.8) is 0 Å². The maximum atomic E-state index is 12.0. The predicted molar refractivity (Wildman–Crippen MR) is 68.6 cm³/mol. The molecule has 0 spiro atoms. The second-order valence-electron chi connectivity index (χ2n) is 4.87. The van der Waals surface area contributed by atoms with Crippen molar-refractivity contribution in [2.45, 2.75) is 30.4 Å². The molecular formula is C14H16OS. The highest BCUT2D eigenvalue weighted by molar-refractivity contribution is 8.01. The summed E-state index contributed by atoms with van der Waals surface area (Å²) >= 11 is 1.66. The molecule has 1 aromatic carbocycles. The minimum absolute atomic E-state index is 0.0927. The molecule has 2 heteroatoms. The Balaban J connectivity index is 2.30. The quantitative estimate of drug-likeness (QED) is 0.773. The molecule has 0 fully saturated rings. The van der Waals surface area contributed by atoms with E-state index in [0.29, 0.717) is 0 Å². The Hall–Kier alpha value is -1.02. The van der Waals surface area contributed by atoms with Crippen molar-refractivity contribution < 1.29 is 4.79 Å². The van der Waals surface area contributed by atoms with Crippen LogP contribution in [0.1, 0.15) is 20.8 Å². The van der Waals surface area contributed by atoms with E-state index >= 15 is 0 Å². The summed E-state index contributed by atoms with van der Waals surface area (Å²) in [5.74, 6) is 0.214. The van der Waals surface area contributed by atoms with E-state index < -0.39 is 0 Å². The van der Waals surface area contributed by atoms with Crippen LogP contribution in [0.5, 0.6) is 0 Å². The molecular weight excluding hydrogens is 216 g/mol. The van der Waals surface area contributed by atoms with Crippen molar-refractivity contribution in [2.75, 3.05) is 0 Å². The molecule has 2 rings (SSSR count). The van der Waals surface area contributed by atoms with E-state index in [4.69, 9.17) is 0 Å². The van der Waals surface area contributed by atoms with Crippen molar-refractivity contribution in [1.82, 2.24) is 0 Å². The molecule has 0 amide bonds. The number of allylic oxidation sites excluding steroid dienone is 2. The molecule has 1 aromatic rings. The van der Waals surface area contributed by atoms with Crippen molar-refractivity contribution in [1.29, 1.82) is 0 Å². The van der Waals surface area contributed by atoms with Gasteiger partial charge in [-0.3, -0.25) is 4.79 Å². The molecule has 0 aliphatic heterocycles. The van der Waals surface area contributed by atoms with Crippen LogP contribution < -0.4 is 0 Å². The average molecular weight is 232 g/mol. The first-order valence-electron chi connectivity index (χ1n) is 5.43. The number of carbonyl (C=O) groups excluding carboxylic acids is 1. The van der Waals surface area contributed by atoms with Crippen molar-refractivity contribution in [2.24, 2.45) is 5.41 Å². The second kappa shape index (κ2) is 3.77. The number of rotatable bonds is 2. The summed E-state index contributed by atoms with van der Waals surface area (Å²) in [7, 11) is 0. The fourth-order valence-corrected chi connectivity index (χ4v) is 3.09. The molecule has 0 radical (unpaired) electrons. The molecule has 0 bridgehead atoms. The summed E-state index contributed by atoms with van der Waals surface area (Å²) in [6.45, 7) is 6.27. The fraction of sp³-hybridized carbons (Fsp3) is 0.357. The van der Waals surface area contributed by atoms with Crippen LogP contribution >= 0.6 is 11.8 Å². The van der Waals surface area contributed by atoms with Gasteiger partial charge in [0.1, 0.15) is 0 Å². The number of thioether (sulfide) groups is 1. The number of benzene rings is 1. The summed E-state index contributed by atoms with van der Waals surface area (Å²) in [5.41, 5.74) is -0.0927. The molecule has 16 heavy (non-hydrogen) atoms. The minimum Gasteiger partial charge on any atom is -0.293 e. The van der Waals surface area contributed by atoms with Crippen LogP contribution in [0.2, 0.25) is 0 Å². The number of hydrogen-bond acceptors (Lipinski definition) is 2. The van der Waals surface area contributed by atoms with Gasteiger partial charge in [-0.1, -0.05) is 38.1 Å². The lowest BCUT2D eigenvalue weighted by Crippen LogP contribution is -2.39. The van der Waals surface area contributed by atoms with Gasteiger partial charge in [0.05, 0.1) is 4.75 Å². The Morgan fingerprint density at radius 1 is 1.06 bits per heavy atom. The molecule has 1 atom stereocenters. The van der Waals surface area contributed by atoms with E-state index in [-0.39, 0.29) is 15.9 Å². The standard InChI is InChI=1S/C14H16OS/c1-13(2)10-9-12(15)14(13,3)16-11-7-5-4-6-8-11/h4-10H,1-3H3. The van der Waals surface area contributed by atoms with Crippen LogP contribution in [-0.4, -0.2) is 10.5 Å². The van der Waals surface area contributed by atoms with Gasteiger partial charge in [-0.2, -0.15) is 0 Å². The third kappa shape index (κ3) is 1.71. The van der Waals surface area contributed by atoms with Crippen LogP contribution in [0.25, 0.3) is 0 Å². The summed E-state index contributed by atoms with van der Waals surface area (Å²) in [5, 5.41) is 0. The lowest BCUT2D eigenvalue weighted by Gasteiger charge is -2.35. The van der Waals surface area contributed by atoms with Gasteiger partial charge in [-0.15, -0.1) is 11.8 Å². The Kier molecular flexibility index (Phi) is 2.70. The zero-order valence-corrected chi connectivity index (χ0v) is 10.7. The zero-order chi connectivity index (χ0) is 11.8. The van der Waals surface area contributed by atoms with Crippen LogP contribution in [0.4, 0.5) is 0 Å². The Labute approximate surface area is 101 Å². The summed E-state index contributed by atoms with van der Waals surface area (Å²) in [6, 6.07) is 10.1. The van der Waals surface area contributed by atoms with E-state index in [2.05, 4.69) is 26.0 Å². The molecule has 1 unspecified atom stereocenters. The van der Waals surface area contributed by atoms with Gasteiger partial charge in [0, 0.05) is 10.3 Å². The van der Waals surface area contributed by atoms with Gasteiger partial charge < -0.3 is 0 Å². The van der Waals surface area contributed by atoms with E-state index in [0.717, 1.165) is 4.90 Å². The first-order valence-corrected chi connectivity index (χ1v) is 6.25. The molecule has 0 saturated heterocycles. The summed E-state index contributed by atoms with van der Waals surface area (Å²) in [6.07, 6.45) is 3.74. The summed E-state index contributed by atoms with van der Waals surface area (Å²) < 4.78 is -0.381. The predicted octanol–water partition coefficient (Wildman–Crippen LogP) is 3.70. The van der Waals surface area contributed by atoms with Crippen molar-refractivity contribution in [3.8, 4) is 0 Å². The maximum absolute atomic E-state index is 12.0. The molecule has 1 aliphatic rings. The second-order valence-corrected chi connectivity index (χ2v) is 6.36. The van der Waals surface area contributed by atoms with Gasteiger partial charge >= 0.3 is 0 Å². The van der Waals surface area contributed by atoms with E-state index in [1.54, 1.807) is 17.8 Å². The SMILES string of the molecule is CC1(C)C=CC(=O)C1(C)Sc1ccccc1. The van der Waals surface area contributed by atoms with Crippen LogP contribution in [0.15, 0.2) is 47.4 Å². The Morgan fingerprint density at radius 3 is 2.19 bits per heavy atom. The van der Waals surface area contributed by atoms with Crippen molar-refractivity contribution >= 4 is 17.5 Å². The minimum atomic E-state index is -0.381. The van der Waals surface area contributed by atoms with Gasteiger partial charge in [0.25, 0.3) is 0 Å². The van der Waals surface area contributed by atoms with Gasteiger partial charge in [-0.05, 0) is 25.1 Å². The first-order chi connectivity index (χ1) is 7.46. The highest BCUT2D eigenvalue weighted by atomic mass is 32.2. The number of carbonyl (C=O) groups is 1. The molecule has 1 aliphatic carbocycles. The van der Waals surface area contributed by atoms with E-state index in [1.165, 1.54) is 0 Å². The highest BCUT2D eigenvalue weighted by Crippen LogP contribution is 2.50. The third-order valence-corrected chi connectivity index (χ3v) is 5.06. The van der Waals surface area contributed by atoms with Gasteiger partial charge in [0.2, 0.25) is 0 Å². The lowest BCUT2D eigenvalue weighted by molar-refractivity contribution is -0.117. The molecule has 0 heterocycles. The molecule has 84 valence electrons.